The summed E-state index contributed by atoms with van der Waals surface area (Å²) in [4.78, 5) is 42.1. The van der Waals surface area contributed by atoms with Crippen LogP contribution >= 0.6 is 0 Å². The molecule has 2 aliphatic rings. The van der Waals surface area contributed by atoms with Gasteiger partial charge in [0.2, 0.25) is 0 Å². The molecule has 0 bridgehead atoms. The first-order chi connectivity index (χ1) is 14.1. The van der Waals surface area contributed by atoms with Crippen LogP contribution in [0.5, 0.6) is 0 Å². The molecule has 1 heterocycles. The van der Waals surface area contributed by atoms with Crippen LogP contribution in [0.2, 0.25) is 0 Å². The molecule has 1 aliphatic carbocycles. The van der Waals surface area contributed by atoms with E-state index in [9.17, 15) is 18.8 Å². The minimum atomic E-state index is -0.885. The summed E-state index contributed by atoms with van der Waals surface area (Å²) >= 11 is 0. The number of carbonyl (C=O) groups excluding carboxylic acids is 3. The quantitative estimate of drug-likeness (QED) is 0.551. The van der Waals surface area contributed by atoms with Crippen molar-refractivity contribution in [2.24, 2.45) is 0 Å². The fourth-order valence-electron chi connectivity index (χ4n) is 4.28. The van der Waals surface area contributed by atoms with Crippen molar-refractivity contribution in [3.8, 4) is 0 Å². The van der Waals surface area contributed by atoms with Gasteiger partial charge in [0.05, 0.1) is 0 Å². The number of nitrogens with zero attached hydrogens (tertiary/aromatic N) is 2. The van der Waals surface area contributed by atoms with Crippen LogP contribution in [0, 0.1) is 5.82 Å². The molecule has 29 heavy (non-hydrogen) atoms. The molecule has 150 valence electrons. The molecule has 0 N–H and O–H groups in total. The van der Waals surface area contributed by atoms with Gasteiger partial charge in [-0.3, -0.25) is 19.4 Å². The van der Waals surface area contributed by atoms with Gasteiger partial charge in [0, 0.05) is 23.7 Å². The second-order valence-corrected chi connectivity index (χ2v) is 7.64. The lowest BCUT2D eigenvalue weighted by atomic mass is 9.94. The van der Waals surface area contributed by atoms with Crippen LogP contribution < -0.4 is 4.90 Å². The van der Waals surface area contributed by atoms with Crippen LogP contribution in [0.3, 0.4) is 0 Å². The molecule has 2 aromatic rings. The van der Waals surface area contributed by atoms with Gasteiger partial charge in [-0.1, -0.05) is 37.5 Å². The van der Waals surface area contributed by atoms with Gasteiger partial charge in [0.1, 0.15) is 11.9 Å². The predicted octanol–water partition coefficient (Wildman–Crippen LogP) is 4.57. The van der Waals surface area contributed by atoms with Gasteiger partial charge in [-0.2, -0.15) is 0 Å². The first-order valence-corrected chi connectivity index (χ1v) is 10.1. The van der Waals surface area contributed by atoms with E-state index in [1.807, 2.05) is 6.07 Å². The number of halogens is 1. The number of anilines is 1. The minimum absolute atomic E-state index is 0.110. The summed E-state index contributed by atoms with van der Waals surface area (Å²) in [5.41, 5.74) is 0.928. The number of hydrogen-bond acceptors (Lipinski definition) is 3. The fourth-order valence-corrected chi connectivity index (χ4v) is 4.28. The number of ketones is 1. The average Bonchev–Trinajstić information content (AvgIpc) is 2.99. The molecule has 4 rings (SSSR count). The monoisotopic (exact) mass is 394 g/mol. The van der Waals surface area contributed by atoms with E-state index in [0.29, 0.717) is 11.3 Å². The van der Waals surface area contributed by atoms with Crippen LogP contribution in [-0.4, -0.2) is 34.7 Å². The highest BCUT2D eigenvalue weighted by Gasteiger charge is 2.49. The Bertz CT molecular complexity index is 907. The maximum absolute atomic E-state index is 13.3. The summed E-state index contributed by atoms with van der Waals surface area (Å²) in [7, 11) is 0. The van der Waals surface area contributed by atoms with Crippen molar-refractivity contribution in [2.45, 2.75) is 50.6 Å². The largest absolute Gasteiger partial charge is 0.332 e. The Morgan fingerprint density at radius 2 is 1.55 bits per heavy atom. The zero-order chi connectivity index (χ0) is 20.4. The highest BCUT2D eigenvalue weighted by atomic mass is 19.1. The zero-order valence-electron chi connectivity index (χ0n) is 16.1. The molecule has 0 spiro atoms. The third-order valence-electron chi connectivity index (χ3n) is 5.77. The highest BCUT2D eigenvalue weighted by Crippen LogP contribution is 2.33. The first-order valence-electron chi connectivity index (χ1n) is 10.1. The second kappa shape index (κ2) is 8.15. The van der Waals surface area contributed by atoms with Crippen LogP contribution in [0.25, 0.3) is 0 Å². The van der Waals surface area contributed by atoms with Crippen LogP contribution in [0.1, 0.15) is 48.9 Å². The number of rotatable bonds is 5. The van der Waals surface area contributed by atoms with E-state index >= 15 is 0 Å². The topological polar surface area (TPSA) is 57.7 Å². The predicted molar refractivity (Wildman–Crippen MR) is 107 cm³/mol. The molecule has 0 aromatic heterocycles. The third kappa shape index (κ3) is 3.79. The smallest absolute Gasteiger partial charge is 0.294 e. The van der Waals surface area contributed by atoms with Gasteiger partial charge in [-0.15, -0.1) is 0 Å². The summed E-state index contributed by atoms with van der Waals surface area (Å²) < 4.78 is 13.2. The van der Waals surface area contributed by atoms with Gasteiger partial charge < -0.3 is 0 Å². The van der Waals surface area contributed by atoms with Crippen molar-refractivity contribution in [3.05, 3.63) is 66.0 Å². The van der Waals surface area contributed by atoms with Crippen LogP contribution in [0.4, 0.5) is 14.9 Å². The lowest BCUT2D eigenvalue weighted by Crippen LogP contribution is -2.42. The van der Waals surface area contributed by atoms with E-state index < -0.39 is 11.9 Å². The molecular formula is C23H23FN2O3. The number of carbonyl (C=O) groups is 3. The standard InChI is InChI=1S/C23H23FN2O3/c24-17-13-11-16(12-14-17)21(27)15-20-22(28)26(19-9-5-2-6-10-19)23(29)25(20)18-7-3-1-4-8-18/h1,3-4,7-8,11-14,19-20H,2,5-6,9-10,15H2. The summed E-state index contributed by atoms with van der Waals surface area (Å²) in [5.74, 6) is -1.04. The van der Waals surface area contributed by atoms with Crippen molar-refractivity contribution in [2.75, 3.05) is 4.90 Å². The maximum Gasteiger partial charge on any atom is 0.332 e. The fraction of sp³-hybridized carbons (Fsp3) is 0.348. The van der Waals surface area contributed by atoms with E-state index in [0.717, 1.165) is 32.1 Å². The number of para-hydroxylation sites is 1. The summed E-state index contributed by atoms with van der Waals surface area (Å²) in [6.07, 6.45) is 4.58. The van der Waals surface area contributed by atoms with Gasteiger partial charge >= 0.3 is 6.03 Å². The van der Waals surface area contributed by atoms with E-state index in [2.05, 4.69) is 0 Å². The number of imide groups is 1. The van der Waals surface area contributed by atoms with Crippen molar-refractivity contribution < 1.29 is 18.8 Å². The van der Waals surface area contributed by atoms with Crippen molar-refractivity contribution >= 4 is 23.4 Å². The number of hydrogen-bond donors (Lipinski definition) is 0. The summed E-state index contributed by atoms with van der Waals surface area (Å²) in [6, 6.07) is 12.9. The Morgan fingerprint density at radius 1 is 0.897 bits per heavy atom. The number of urea groups is 1. The van der Waals surface area contributed by atoms with Crippen molar-refractivity contribution in [1.29, 1.82) is 0 Å². The Labute approximate surface area is 169 Å². The van der Waals surface area contributed by atoms with Crippen LogP contribution in [0.15, 0.2) is 54.6 Å². The molecule has 1 saturated carbocycles. The molecule has 1 saturated heterocycles. The third-order valence-corrected chi connectivity index (χ3v) is 5.77. The Balaban J connectivity index is 1.64. The average molecular weight is 394 g/mol. The molecule has 1 aliphatic heterocycles. The number of amides is 3. The van der Waals surface area contributed by atoms with Crippen LogP contribution in [-0.2, 0) is 4.79 Å². The van der Waals surface area contributed by atoms with Gasteiger partial charge in [0.15, 0.2) is 5.78 Å². The molecule has 1 unspecified atom stereocenters. The normalized spacial score (nSPS) is 20.4. The lowest BCUT2D eigenvalue weighted by Gasteiger charge is -2.29. The SMILES string of the molecule is O=C(CC1C(=O)N(C2CCCCC2)C(=O)N1c1ccccc1)c1ccc(F)cc1. The summed E-state index contributed by atoms with van der Waals surface area (Å²) in [5, 5.41) is 0. The van der Waals surface area contributed by atoms with Gasteiger partial charge in [-0.05, 0) is 49.2 Å². The van der Waals surface area contributed by atoms with E-state index in [1.54, 1.807) is 24.3 Å². The van der Waals surface area contributed by atoms with E-state index in [4.69, 9.17) is 0 Å². The van der Waals surface area contributed by atoms with Crippen molar-refractivity contribution in [1.82, 2.24) is 4.90 Å². The molecule has 5 nitrogen and oxygen atoms in total. The Morgan fingerprint density at radius 3 is 2.21 bits per heavy atom. The second-order valence-electron chi connectivity index (χ2n) is 7.64. The van der Waals surface area contributed by atoms with E-state index in [1.165, 1.54) is 34.1 Å². The minimum Gasteiger partial charge on any atom is -0.294 e. The molecule has 1 atom stereocenters. The molecular weight excluding hydrogens is 371 g/mol. The number of benzene rings is 2. The van der Waals surface area contributed by atoms with Gasteiger partial charge in [0.25, 0.3) is 5.91 Å². The lowest BCUT2D eigenvalue weighted by molar-refractivity contribution is -0.129. The molecule has 2 fully saturated rings. The molecule has 3 amide bonds. The molecule has 6 heteroatoms. The zero-order valence-corrected chi connectivity index (χ0v) is 16.1. The molecule has 0 radical (unpaired) electrons. The molecule has 2 aromatic carbocycles. The van der Waals surface area contributed by atoms with E-state index in [-0.39, 0.29) is 30.2 Å². The highest BCUT2D eigenvalue weighted by molar-refractivity contribution is 6.16. The van der Waals surface area contributed by atoms with Crippen molar-refractivity contribution in [3.63, 3.8) is 0 Å². The first kappa shape index (κ1) is 19.3. The Hall–Kier alpha value is -3.02. The summed E-state index contributed by atoms with van der Waals surface area (Å²) in [6.45, 7) is 0. The maximum atomic E-state index is 13.3. The van der Waals surface area contributed by atoms with Gasteiger partial charge in [-0.25, -0.2) is 9.18 Å². The number of Topliss-reactive ketones (excluding diaryl/α,β-unsaturated/α-hetero) is 1. The Kier molecular flexibility index (Phi) is 5.43.